The van der Waals surface area contributed by atoms with E-state index < -0.39 is 30.1 Å². The van der Waals surface area contributed by atoms with Crippen LogP contribution >= 0.6 is 0 Å². The Morgan fingerprint density at radius 2 is 2.45 bits per heavy atom. The van der Waals surface area contributed by atoms with E-state index in [4.69, 9.17) is 15.9 Å². The van der Waals surface area contributed by atoms with E-state index in [1.807, 2.05) is 0 Å². The van der Waals surface area contributed by atoms with Gasteiger partial charge in [-0.05, 0) is 11.9 Å². The SMILES string of the molecule is C=C[C@@]1(c2cnc(C(N)=NC=[NH2+])[nH]2)O[C@H](CO)[C@@H](O)[C@@]1(C)F. The fourth-order valence-electron chi connectivity index (χ4n) is 2.59. The van der Waals surface area contributed by atoms with Gasteiger partial charge in [-0.2, -0.15) is 0 Å². The van der Waals surface area contributed by atoms with Gasteiger partial charge in [0.2, 0.25) is 5.82 Å². The van der Waals surface area contributed by atoms with Crippen LogP contribution in [0.2, 0.25) is 0 Å². The van der Waals surface area contributed by atoms with Crippen LogP contribution in [0.25, 0.3) is 0 Å². The zero-order valence-corrected chi connectivity index (χ0v) is 12.0. The largest absolute Gasteiger partial charge is 0.394 e. The summed E-state index contributed by atoms with van der Waals surface area (Å²) >= 11 is 0. The Labute approximate surface area is 126 Å². The first-order valence-corrected chi connectivity index (χ1v) is 6.55. The summed E-state index contributed by atoms with van der Waals surface area (Å²) in [5, 5.41) is 24.4. The van der Waals surface area contributed by atoms with Crippen molar-refractivity contribution in [3.05, 3.63) is 30.4 Å². The first-order chi connectivity index (χ1) is 10.3. The first-order valence-electron chi connectivity index (χ1n) is 6.55. The molecular formula is C13H19FN5O3+. The molecule has 2 rings (SSSR count). The molecule has 0 spiro atoms. The minimum absolute atomic E-state index is 0.00535. The second-order valence-corrected chi connectivity index (χ2v) is 5.11. The third-order valence-electron chi connectivity index (χ3n) is 3.87. The molecule has 0 saturated carbocycles. The number of aliphatic hydroxyl groups excluding tert-OH is 2. The van der Waals surface area contributed by atoms with Gasteiger partial charge in [-0.25, -0.2) is 9.37 Å². The lowest BCUT2D eigenvalue weighted by Crippen LogP contribution is -2.48. The number of H-pyrrole nitrogens is 1. The number of hydrogen-bond acceptors (Lipinski definition) is 4. The lowest BCUT2D eigenvalue weighted by Gasteiger charge is -2.33. The number of aliphatic hydroxyl groups is 2. The number of hydrogen-bond donors (Lipinski definition) is 5. The summed E-state index contributed by atoms with van der Waals surface area (Å²) in [5.74, 6) is 0.171. The van der Waals surface area contributed by atoms with Crippen LogP contribution in [0.15, 0.2) is 23.8 Å². The minimum Gasteiger partial charge on any atom is -0.394 e. The number of amidine groups is 1. The Bertz CT molecular complexity index is 615. The molecule has 0 bridgehead atoms. The van der Waals surface area contributed by atoms with Crippen LogP contribution < -0.4 is 11.1 Å². The topological polar surface area (TPSA) is 142 Å². The van der Waals surface area contributed by atoms with Gasteiger partial charge in [-0.15, -0.1) is 0 Å². The molecule has 120 valence electrons. The summed E-state index contributed by atoms with van der Waals surface area (Å²) in [6.07, 6.45) is 0.887. The van der Waals surface area contributed by atoms with Gasteiger partial charge in [0, 0.05) is 0 Å². The number of alkyl halides is 1. The molecule has 4 atom stereocenters. The highest BCUT2D eigenvalue weighted by Crippen LogP contribution is 2.49. The Kier molecular flexibility index (Phi) is 4.14. The zero-order valence-electron chi connectivity index (χ0n) is 12.0. The predicted molar refractivity (Wildman–Crippen MR) is 76.7 cm³/mol. The van der Waals surface area contributed by atoms with E-state index in [0.717, 1.165) is 6.34 Å². The molecule has 0 aliphatic carbocycles. The van der Waals surface area contributed by atoms with Crippen LogP contribution in [-0.2, 0) is 10.3 Å². The monoisotopic (exact) mass is 312 g/mol. The standard InChI is InChI=1S/C13H18FN5O3/c1-3-13(12(2,14)9(21)7(5-20)22-13)8-4-17-11(19-8)10(16)18-6-15/h3-4,6-7,9,20-21H,1,5H2,2H3,(H,17,19)(H3,15,16,18)/p+1/t7-,9-,12-,13+/m1/s1. The molecule has 7 N–H and O–H groups in total. The average Bonchev–Trinajstić information content (AvgIpc) is 3.04. The van der Waals surface area contributed by atoms with Crippen molar-refractivity contribution >= 4 is 12.2 Å². The summed E-state index contributed by atoms with van der Waals surface area (Å²) in [7, 11) is 0. The Balaban J connectivity index is 2.50. The van der Waals surface area contributed by atoms with Gasteiger partial charge >= 0.3 is 0 Å². The third kappa shape index (κ3) is 2.14. The fourth-order valence-corrected chi connectivity index (χ4v) is 2.59. The van der Waals surface area contributed by atoms with Crippen LogP contribution in [0.5, 0.6) is 0 Å². The van der Waals surface area contributed by atoms with Gasteiger partial charge in [-0.1, -0.05) is 12.7 Å². The highest BCUT2D eigenvalue weighted by Gasteiger charge is 2.64. The Morgan fingerprint density at radius 1 is 1.77 bits per heavy atom. The van der Waals surface area contributed by atoms with E-state index in [0.29, 0.717) is 0 Å². The van der Waals surface area contributed by atoms with E-state index in [-0.39, 0.29) is 17.4 Å². The van der Waals surface area contributed by atoms with Crippen molar-refractivity contribution in [2.24, 2.45) is 10.7 Å². The van der Waals surface area contributed by atoms with Gasteiger partial charge in [0.1, 0.15) is 12.2 Å². The minimum atomic E-state index is -2.24. The lowest BCUT2D eigenvalue weighted by molar-refractivity contribution is -0.106. The summed E-state index contributed by atoms with van der Waals surface area (Å²) < 4.78 is 20.6. The number of nitrogens with two attached hydrogens (primary N) is 2. The Morgan fingerprint density at radius 3 is 2.95 bits per heavy atom. The molecule has 1 aromatic rings. The van der Waals surface area contributed by atoms with E-state index >= 15 is 4.39 Å². The lowest BCUT2D eigenvalue weighted by atomic mass is 9.81. The van der Waals surface area contributed by atoms with Gasteiger partial charge in [0.05, 0.1) is 18.5 Å². The normalized spacial score (nSPS) is 35.5. The number of nitrogens with one attached hydrogen (secondary N) is 1. The molecular weight excluding hydrogens is 293 g/mol. The van der Waals surface area contributed by atoms with Crippen LogP contribution in [0.3, 0.4) is 0 Å². The summed E-state index contributed by atoms with van der Waals surface area (Å²) in [5.41, 5.74) is 1.88. The van der Waals surface area contributed by atoms with E-state index in [1.54, 1.807) is 0 Å². The van der Waals surface area contributed by atoms with Crippen LogP contribution in [0, 0.1) is 0 Å². The summed E-state index contributed by atoms with van der Waals surface area (Å²) in [6.45, 7) is 4.22. The quantitative estimate of drug-likeness (QED) is 0.237. The number of ether oxygens (including phenoxy) is 1. The molecule has 2 heterocycles. The van der Waals surface area contributed by atoms with Gasteiger partial charge < -0.3 is 25.7 Å². The summed E-state index contributed by atoms with van der Waals surface area (Å²) in [4.78, 5) is 10.4. The average molecular weight is 312 g/mol. The van der Waals surface area contributed by atoms with Crippen molar-refractivity contribution in [2.45, 2.75) is 30.4 Å². The molecule has 0 radical (unpaired) electrons. The first kappa shape index (κ1) is 16.3. The van der Waals surface area contributed by atoms with Crippen molar-refractivity contribution < 1.29 is 24.7 Å². The maximum absolute atomic E-state index is 15.1. The van der Waals surface area contributed by atoms with Crippen LogP contribution in [-0.4, -0.2) is 56.8 Å². The second kappa shape index (κ2) is 5.59. The number of imidazole rings is 1. The number of rotatable bonds is 5. The smallest absolute Gasteiger partial charge is 0.280 e. The van der Waals surface area contributed by atoms with Crippen molar-refractivity contribution in [2.75, 3.05) is 6.61 Å². The zero-order chi connectivity index (χ0) is 16.5. The number of nitrogens with zero attached hydrogens (tertiary/aromatic N) is 2. The molecule has 0 amide bonds. The highest BCUT2D eigenvalue weighted by atomic mass is 19.1. The van der Waals surface area contributed by atoms with Gasteiger partial charge in [-0.3, -0.25) is 5.41 Å². The van der Waals surface area contributed by atoms with Crippen molar-refractivity contribution in [1.82, 2.24) is 9.97 Å². The molecule has 1 fully saturated rings. The van der Waals surface area contributed by atoms with Gasteiger partial charge in [0.15, 0.2) is 11.3 Å². The number of aromatic amines is 1. The number of aromatic nitrogens is 2. The van der Waals surface area contributed by atoms with Crippen molar-refractivity contribution in [1.29, 1.82) is 0 Å². The molecule has 9 heteroatoms. The predicted octanol–water partition coefficient (Wildman–Crippen LogP) is -2.24. The van der Waals surface area contributed by atoms with Crippen molar-refractivity contribution in [3.63, 3.8) is 0 Å². The van der Waals surface area contributed by atoms with Crippen LogP contribution in [0.4, 0.5) is 4.39 Å². The molecule has 0 unspecified atom stereocenters. The fraction of sp³-hybridized carbons (Fsp3) is 0.462. The molecule has 1 aliphatic heterocycles. The van der Waals surface area contributed by atoms with Gasteiger partial charge in [0.25, 0.3) is 12.2 Å². The number of halogens is 1. The van der Waals surface area contributed by atoms with E-state index in [2.05, 4.69) is 21.5 Å². The molecule has 8 nitrogen and oxygen atoms in total. The molecule has 1 aliphatic rings. The van der Waals surface area contributed by atoms with Crippen molar-refractivity contribution in [3.8, 4) is 0 Å². The Hall–Kier alpha value is -2.10. The molecule has 0 aromatic carbocycles. The van der Waals surface area contributed by atoms with Crippen LogP contribution in [0.1, 0.15) is 18.4 Å². The maximum atomic E-state index is 15.1. The van der Waals surface area contributed by atoms with E-state index in [1.165, 1.54) is 19.2 Å². The number of aliphatic imine (C=N–C) groups is 1. The molecule has 22 heavy (non-hydrogen) atoms. The molecule has 1 aromatic heterocycles. The maximum Gasteiger partial charge on any atom is 0.280 e. The van der Waals surface area contributed by atoms with E-state index in [9.17, 15) is 10.2 Å². The molecule has 1 saturated heterocycles. The second-order valence-electron chi connectivity index (χ2n) is 5.11. The third-order valence-corrected chi connectivity index (χ3v) is 3.87. The highest BCUT2D eigenvalue weighted by molar-refractivity contribution is 5.97. The summed E-state index contributed by atoms with van der Waals surface area (Å²) in [6, 6.07) is 0.